The van der Waals surface area contributed by atoms with Crippen molar-refractivity contribution in [1.29, 1.82) is 0 Å². The summed E-state index contributed by atoms with van der Waals surface area (Å²) in [6, 6.07) is 7.56. The Bertz CT molecular complexity index is 583. The fourth-order valence-electron chi connectivity index (χ4n) is 1.98. The van der Waals surface area contributed by atoms with Gasteiger partial charge in [-0.2, -0.15) is 0 Å². The smallest absolute Gasteiger partial charge is 0.338 e. The van der Waals surface area contributed by atoms with Gasteiger partial charge in [0, 0.05) is 17.4 Å². The largest absolute Gasteiger partial charge is 0.483 e. The van der Waals surface area contributed by atoms with Crippen LogP contribution >= 0.6 is 15.9 Å². The summed E-state index contributed by atoms with van der Waals surface area (Å²) in [5, 5.41) is 2.67. The Balaban J connectivity index is 2.16. The maximum Gasteiger partial charge on any atom is 0.338 e. The zero-order valence-corrected chi connectivity index (χ0v) is 13.2. The third-order valence-electron chi connectivity index (χ3n) is 2.93. The Kier molecular flexibility index (Phi) is 5.38. The summed E-state index contributed by atoms with van der Waals surface area (Å²) >= 11 is 3.37. The van der Waals surface area contributed by atoms with Gasteiger partial charge in [-0.25, -0.2) is 4.79 Å². The van der Waals surface area contributed by atoms with Crippen LogP contribution in [0.5, 0.6) is 0 Å². The van der Waals surface area contributed by atoms with Gasteiger partial charge in [-0.1, -0.05) is 28.1 Å². The summed E-state index contributed by atoms with van der Waals surface area (Å²) in [6.45, 7) is 2.62. The van der Waals surface area contributed by atoms with Crippen molar-refractivity contribution < 1.29 is 19.1 Å². The van der Waals surface area contributed by atoms with E-state index in [2.05, 4.69) is 21.2 Å². The first kappa shape index (κ1) is 15.6. The van der Waals surface area contributed by atoms with Crippen molar-refractivity contribution in [1.82, 2.24) is 5.32 Å². The number of carbonyl (C=O) groups excluding carboxylic acids is 2. The zero-order chi connectivity index (χ0) is 15.2. The van der Waals surface area contributed by atoms with Crippen LogP contribution in [0.15, 0.2) is 40.1 Å². The highest BCUT2D eigenvalue weighted by atomic mass is 79.9. The summed E-state index contributed by atoms with van der Waals surface area (Å²) in [6.07, 6.45) is 0.415. The predicted molar refractivity (Wildman–Crippen MR) is 80.2 cm³/mol. The van der Waals surface area contributed by atoms with Crippen molar-refractivity contribution in [3.8, 4) is 0 Å². The van der Waals surface area contributed by atoms with Gasteiger partial charge >= 0.3 is 5.97 Å². The maximum atomic E-state index is 11.9. The van der Waals surface area contributed by atoms with Crippen molar-refractivity contribution in [2.45, 2.75) is 20.0 Å². The predicted octanol–water partition coefficient (Wildman–Crippen LogP) is 2.30. The van der Waals surface area contributed by atoms with Gasteiger partial charge < -0.3 is 14.8 Å². The second-order valence-electron chi connectivity index (χ2n) is 4.45. The molecule has 0 fully saturated rings. The molecule has 0 unspecified atom stereocenters. The normalized spacial score (nSPS) is 14.7. The van der Waals surface area contributed by atoms with Crippen molar-refractivity contribution in [3.05, 3.63) is 45.6 Å². The average Bonchev–Trinajstić information content (AvgIpc) is 2.46. The van der Waals surface area contributed by atoms with E-state index in [0.717, 1.165) is 10.0 Å². The van der Waals surface area contributed by atoms with E-state index in [1.807, 2.05) is 24.3 Å². The number of ether oxygens (including phenoxy) is 2. The SMILES string of the molecule is CCOC(=O)C1=C(OCc2cccc(Br)c2)C(=O)NCC1. The Morgan fingerprint density at radius 3 is 2.95 bits per heavy atom. The first-order valence-electron chi connectivity index (χ1n) is 6.67. The molecule has 5 nitrogen and oxygen atoms in total. The number of halogens is 1. The van der Waals surface area contributed by atoms with E-state index in [9.17, 15) is 9.59 Å². The Morgan fingerprint density at radius 1 is 1.43 bits per heavy atom. The molecule has 2 rings (SSSR count). The number of hydrogen-bond donors (Lipinski definition) is 1. The van der Waals surface area contributed by atoms with Crippen molar-refractivity contribution in [2.24, 2.45) is 0 Å². The molecule has 0 radical (unpaired) electrons. The van der Waals surface area contributed by atoms with E-state index in [1.54, 1.807) is 6.92 Å². The fourth-order valence-corrected chi connectivity index (χ4v) is 2.43. The molecular weight excluding hydrogens is 338 g/mol. The zero-order valence-electron chi connectivity index (χ0n) is 11.6. The van der Waals surface area contributed by atoms with Crippen LogP contribution in [0.25, 0.3) is 0 Å². The van der Waals surface area contributed by atoms with Gasteiger partial charge in [-0.05, 0) is 24.6 Å². The summed E-state index contributed by atoms with van der Waals surface area (Å²) in [5.74, 6) is -0.810. The van der Waals surface area contributed by atoms with Gasteiger partial charge in [-0.3, -0.25) is 4.79 Å². The second kappa shape index (κ2) is 7.26. The standard InChI is InChI=1S/C15H16BrNO4/c1-2-20-15(19)12-6-7-17-14(18)13(12)21-9-10-4-3-5-11(16)8-10/h3-5,8H,2,6-7,9H2,1H3,(H,17,18). The molecule has 6 heteroatoms. The molecule has 1 N–H and O–H groups in total. The molecule has 0 atom stereocenters. The van der Waals surface area contributed by atoms with Gasteiger partial charge in [0.1, 0.15) is 6.61 Å². The van der Waals surface area contributed by atoms with E-state index in [0.29, 0.717) is 18.5 Å². The minimum Gasteiger partial charge on any atom is -0.483 e. The molecule has 1 amide bonds. The van der Waals surface area contributed by atoms with Crippen molar-refractivity contribution in [2.75, 3.05) is 13.2 Å². The Labute approximate surface area is 131 Å². The second-order valence-corrected chi connectivity index (χ2v) is 5.37. The molecule has 0 saturated heterocycles. The lowest BCUT2D eigenvalue weighted by Gasteiger charge is -2.19. The first-order chi connectivity index (χ1) is 10.1. The molecule has 1 aliphatic heterocycles. The maximum absolute atomic E-state index is 11.9. The first-order valence-corrected chi connectivity index (χ1v) is 7.46. The van der Waals surface area contributed by atoms with Crippen LogP contribution in [-0.4, -0.2) is 25.0 Å². The molecule has 1 heterocycles. The van der Waals surface area contributed by atoms with Crippen molar-refractivity contribution >= 4 is 27.8 Å². The van der Waals surface area contributed by atoms with E-state index in [-0.39, 0.29) is 24.9 Å². The summed E-state index contributed by atoms with van der Waals surface area (Å²) < 4.78 is 11.5. The highest BCUT2D eigenvalue weighted by Gasteiger charge is 2.27. The average molecular weight is 354 g/mol. The van der Waals surface area contributed by atoms with Gasteiger partial charge in [0.05, 0.1) is 12.2 Å². The Morgan fingerprint density at radius 2 is 2.24 bits per heavy atom. The molecule has 0 spiro atoms. The molecular formula is C15H16BrNO4. The van der Waals surface area contributed by atoms with Gasteiger partial charge in [-0.15, -0.1) is 0 Å². The topological polar surface area (TPSA) is 64.6 Å². The number of hydrogen-bond acceptors (Lipinski definition) is 4. The lowest BCUT2D eigenvalue weighted by molar-refractivity contribution is -0.140. The number of rotatable bonds is 5. The third-order valence-corrected chi connectivity index (χ3v) is 3.43. The number of nitrogens with one attached hydrogen (secondary N) is 1. The van der Waals surface area contributed by atoms with Crippen LogP contribution in [0.2, 0.25) is 0 Å². The monoisotopic (exact) mass is 353 g/mol. The number of esters is 1. The van der Waals surface area contributed by atoms with Crippen LogP contribution < -0.4 is 5.32 Å². The van der Waals surface area contributed by atoms with Gasteiger partial charge in [0.2, 0.25) is 0 Å². The van der Waals surface area contributed by atoms with Crippen LogP contribution in [0.1, 0.15) is 18.9 Å². The molecule has 0 aromatic heterocycles. The molecule has 1 aromatic carbocycles. The summed E-state index contributed by atoms with van der Waals surface area (Å²) in [5.41, 5.74) is 1.20. The Hall–Kier alpha value is -1.82. The highest BCUT2D eigenvalue weighted by molar-refractivity contribution is 9.10. The van der Waals surface area contributed by atoms with Crippen LogP contribution in [0.3, 0.4) is 0 Å². The molecule has 0 saturated carbocycles. The third kappa shape index (κ3) is 4.07. The highest BCUT2D eigenvalue weighted by Crippen LogP contribution is 2.19. The van der Waals surface area contributed by atoms with Crippen LogP contribution in [-0.2, 0) is 25.7 Å². The van der Waals surface area contributed by atoms with Crippen LogP contribution in [0, 0.1) is 0 Å². The molecule has 0 bridgehead atoms. The molecule has 21 heavy (non-hydrogen) atoms. The lowest BCUT2D eigenvalue weighted by atomic mass is 10.1. The van der Waals surface area contributed by atoms with Gasteiger partial charge in [0.15, 0.2) is 5.76 Å². The summed E-state index contributed by atoms with van der Waals surface area (Å²) in [4.78, 5) is 23.8. The number of benzene rings is 1. The molecule has 112 valence electrons. The van der Waals surface area contributed by atoms with E-state index < -0.39 is 5.97 Å². The van der Waals surface area contributed by atoms with E-state index in [1.165, 1.54) is 0 Å². The van der Waals surface area contributed by atoms with E-state index in [4.69, 9.17) is 9.47 Å². The van der Waals surface area contributed by atoms with Gasteiger partial charge in [0.25, 0.3) is 5.91 Å². The minimum atomic E-state index is -0.489. The molecule has 0 aliphatic carbocycles. The molecule has 1 aliphatic rings. The fraction of sp³-hybridized carbons (Fsp3) is 0.333. The number of carbonyl (C=O) groups is 2. The van der Waals surface area contributed by atoms with E-state index >= 15 is 0 Å². The quantitative estimate of drug-likeness (QED) is 0.825. The van der Waals surface area contributed by atoms with Crippen molar-refractivity contribution in [3.63, 3.8) is 0 Å². The molecule has 1 aromatic rings. The van der Waals surface area contributed by atoms with Crippen LogP contribution in [0.4, 0.5) is 0 Å². The lowest BCUT2D eigenvalue weighted by Crippen LogP contribution is -2.35. The minimum absolute atomic E-state index is 0.0553. The number of amides is 1. The summed E-state index contributed by atoms with van der Waals surface area (Å²) in [7, 11) is 0.